The van der Waals surface area contributed by atoms with Gasteiger partial charge in [0, 0.05) is 13.1 Å². The van der Waals surface area contributed by atoms with Crippen LogP contribution in [0.2, 0.25) is 0 Å². The Hall–Kier alpha value is -1.22. The first-order chi connectivity index (χ1) is 6.83. The molecule has 2 atom stereocenters. The van der Waals surface area contributed by atoms with Gasteiger partial charge >= 0.3 is 0 Å². The lowest BCUT2D eigenvalue weighted by atomic mass is 10.2. The first kappa shape index (κ1) is 8.12. The van der Waals surface area contributed by atoms with E-state index < -0.39 is 0 Å². The Kier molecular flexibility index (Phi) is 1.67. The second-order valence-corrected chi connectivity index (χ2v) is 3.98. The van der Waals surface area contributed by atoms with Gasteiger partial charge in [-0.1, -0.05) is 12.1 Å². The summed E-state index contributed by atoms with van der Waals surface area (Å²) in [6.45, 7) is 1.91. The fraction of sp³-hybridized carbons (Fsp3) is 0.455. The van der Waals surface area contributed by atoms with Gasteiger partial charge in [0.05, 0.1) is 0 Å². The third kappa shape index (κ3) is 1.16. The molecule has 1 saturated heterocycles. The number of hydrogen-bond donors (Lipinski definition) is 0. The molecule has 0 spiro atoms. The molecule has 1 aromatic rings. The van der Waals surface area contributed by atoms with Crippen LogP contribution in [0.5, 0.6) is 11.5 Å². The molecule has 0 N–H and O–H groups in total. The molecule has 2 aliphatic heterocycles. The van der Waals surface area contributed by atoms with E-state index in [4.69, 9.17) is 9.47 Å². The summed E-state index contributed by atoms with van der Waals surface area (Å²) in [5.41, 5.74) is 0. The molecule has 3 nitrogen and oxygen atoms in total. The maximum Gasteiger partial charge on any atom is 0.161 e. The predicted molar refractivity (Wildman–Crippen MR) is 52.8 cm³/mol. The molecule has 2 aliphatic rings. The van der Waals surface area contributed by atoms with Crippen molar-refractivity contribution in [1.29, 1.82) is 0 Å². The van der Waals surface area contributed by atoms with E-state index in [1.54, 1.807) is 0 Å². The highest BCUT2D eigenvalue weighted by molar-refractivity contribution is 5.41. The largest absolute Gasteiger partial charge is 0.481 e. The minimum atomic E-state index is 0.204. The number of likely N-dealkylation sites (tertiary alicyclic amines) is 1. The second-order valence-electron chi connectivity index (χ2n) is 3.98. The van der Waals surface area contributed by atoms with E-state index in [1.807, 2.05) is 24.3 Å². The van der Waals surface area contributed by atoms with Crippen LogP contribution in [0, 0.1) is 0 Å². The third-order valence-electron chi connectivity index (χ3n) is 2.80. The lowest BCUT2D eigenvalue weighted by Crippen LogP contribution is -2.38. The van der Waals surface area contributed by atoms with E-state index in [9.17, 15) is 0 Å². The first-order valence-electron chi connectivity index (χ1n) is 4.94. The fourth-order valence-corrected chi connectivity index (χ4v) is 2.12. The molecule has 14 heavy (non-hydrogen) atoms. The summed E-state index contributed by atoms with van der Waals surface area (Å²) in [4.78, 5) is 2.24. The highest BCUT2D eigenvalue weighted by Gasteiger charge is 2.38. The average molecular weight is 191 g/mol. The van der Waals surface area contributed by atoms with Crippen molar-refractivity contribution in [3.63, 3.8) is 0 Å². The summed E-state index contributed by atoms with van der Waals surface area (Å²) < 4.78 is 11.7. The van der Waals surface area contributed by atoms with Gasteiger partial charge in [-0.05, 0) is 19.2 Å². The van der Waals surface area contributed by atoms with Crippen molar-refractivity contribution >= 4 is 0 Å². The van der Waals surface area contributed by atoms with E-state index >= 15 is 0 Å². The predicted octanol–water partition coefficient (Wildman–Crippen LogP) is 1.14. The molecule has 3 rings (SSSR count). The summed E-state index contributed by atoms with van der Waals surface area (Å²) in [5, 5.41) is 0. The zero-order chi connectivity index (χ0) is 9.54. The van der Waals surface area contributed by atoms with Gasteiger partial charge in [0.1, 0.15) is 12.2 Å². The molecular formula is C11H13NO2. The number of nitrogens with zero attached hydrogens (tertiary/aromatic N) is 1. The zero-order valence-corrected chi connectivity index (χ0v) is 8.14. The summed E-state index contributed by atoms with van der Waals surface area (Å²) in [7, 11) is 2.09. The van der Waals surface area contributed by atoms with Crippen molar-refractivity contribution < 1.29 is 9.47 Å². The maximum absolute atomic E-state index is 5.86. The minimum absolute atomic E-state index is 0.204. The van der Waals surface area contributed by atoms with Crippen LogP contribution in [-0.4, -0.2) is 37.2 Å². The summed E-state index contributed by atoms with van der Waals surface area (Å²) >= 11 is 0. The monoisotopic (exact) mass is 191 g/mol. The molecule has 0 bridgehead atoms. The quantitative estimate of drug-likeness (QED) is 0.614. The smallest absolute Gasteiger partial charge is 0.161 e. The van der Waals surface area contributed by atoms with E-state index in [0.29, 0.717) is 0 Å². The van der Waals surface area contributed by atoms with Gasteiger partial charge in [0.25, 0.3) is 0 Å². The molecule has 1 fully saturated rings. The van der Waals surface area contributed by atoms with Crippen LogP contribution >= 0.6 is 0 Å². The Bertz CT molecular complexity index is 320. The van der Waals surface area contributed by atoms with Crippen LogP contribution in [0.25, 0.3) is 0 Å². The van der Waals surface area contributed by atoms with Gasteiger partial charge in [-0.15, -0.1) is 0 Å². The van der Waals surface area contributed by atoms with Gasteiger partial charge < -0.3 is 9.47 Å². The molecule has 0 aromatic heterocycles. The molecule has 2 heterocycles. The van der Waals surface area contributed by atoms with Crippen molar-refractivity contribution in [2.45, 2.75) is 12.2 Å². The number of likely N-dealkylation sites (N-methyl/N-ethyl adjacent to an activating group) is 1. The van der Waals surface area contributed by atoms with E-state index in [2.05, 4.69) is 11.9 Å². The van der Waals surface area contributed by atoms with Gasteiger partial charge in [0.15, 0.2) is 11.5 Å². The fourth-order valence-electron chi connectivity index (χ4n) is 2.12. The first-order valence-corrected chi connectivity index (χ1v) is 4.94. The molecule has 0 amide bonds. The molecule has 1 aromatic carbocycles. The van der Waals surface area contributed by atoms with Gasteiger partial charge in [-0.25, -0.2) is 0 Å². The average Bonchev–Trinajstić information content (AvgIpc) is 2.53. The Balaban J connectivity index is 1.91. The Morgan fingerprint density at radius 2 is 1.57 bits per heavy atom. The lowest BCUT2D eigenvalue weighted by molar-refractivity contribution is 0.0552. The standard InChI is InChI=1S/C11H13NO2/c1-12-6-10-11(7-12)14-9-5-3-2-4-8(9)13-10/h2-5,10-11H,6-7H2,1H3/t10-,11-/m1/s1. The van der Waals surface area contributed by atoms with E-state index in [-0.39, 0.29) is 12.2 Å². The number of ether oxygens (including phenoxy) is 2. The number of rotatable bonds is 0. The SMILES string of the molecule is CN1C[C@H]2Oc3ccccc3O[C@@H]2C1. The Morgan fingerprint density at radius 3 is 2.07 bits per heavy atom. The molecule has 0 radical (unpaired) electrons. The van der Waals surface area contributed by atoms with Crippen LogP contribution in [0.15, 0.2) is 24.3 Å². The summed E-state index contributed by atoms with van der Waals surface area (Å²) in [5.74, 6) is 1.76. The molecule has 74 valence electrons. The number of hydrogen-bond acceptors (Lipinski definition) is 3. The topological polar surface area (TPSA) is 21.7 Å². The zero-order valence-electron chi connectivity index (χ0n) is 8.14. The normalized spacial score (nSPS) is 30.1. The van der Waals surface area contributed by atoms with Gasteiger partial charge in [-0.3, -0.25) is 4.90 Å². The van der Waals surface area contributed by atoms with Gasteiger partial charge in [-0.2, -0.15) is 0 Å². The number of para-hydroxylation sites is 2. The maximum atomic E-state index is 5.86. The van der Waals surface area contributed by atoms with Crippen LogP contribution in [0.3, 0.4) is 0 Å². The van der Waals surface area contributed by atoms with E-state index in [1.165, 1.54) is 0 Å². The highest BCUT2D eigenvalue weighted by Crippen LogP contribution is 2.35. The lowest BCUT2D eigenvalue weighted by Gasteiger charge is -2.28. The van der Waals surface area contributed by atoms with E-state index in [0.717, 1.165) is 24.6 Å². The molecular weight excluding hydrogens is 178 g/mol. The van der Waals surface area contributed by atoms with Crippen LogP contribution in [0.4, 0.5) is 0 Å². The van der Waals surface area contributed by atoms with Crippen molar-refractivity contribution in [2.75, 3.05) is 20.1 Å². The van der Waals surface area contributed by atoms with Crippen molar-refractivity contribution in [1.82, 2.24) is 4.90 Å². The minimum Gasteiger partial charge on any atom is -0.481 e. The Labute approximate surface area is 83.2 Å². The van der Waals surface area contributed by atoms with Crippen LogP contribution in [-0.2, 0) is 0 Å². The third-order valence-corrected chi connectivity index (χ3v) is 2.80. The summed E-state index contributed by atoms with van der Waals surface area (Å²) in [6.07, 6.45) is 0.407. The Morgan fingerprint density at radius 1 is 1.07 bits per heavy atom. The second kappa shape index (κ2) is 2.89. The number of fused-ring (bicyclic) bond motifs is 2. The van der Waals surface area contributed by atoms with Crippen LogP contribution in [0.1, 0.15) is 0 Å². The number of benzene rings is 1. The van der Waals surface area contributed by atoms with Crippen molar-refractivity contribution in [2.24, 2.45) is 0 Å². The molecule has 0 unspecified atom stereocenters. The summed E-state index contributed by atoms with van der Waals surface area (Å²) in [6, 6.07) is 7.87. The molecule has 0 aliphatic carbocycles. The highest BCUT2D eigenvalue weighted by atomic mass is 16.6. The van der Waals surface area contributed by atoms with Crippen LogP contribution < -0.4 is 9.47 Å². The molecule has 3 heteroatoms. The molecule has 0 saturated carbocycles. The van der Waals surface area contributed by atoms with Crippen molar-refractivity contribution in [3.8, 4) is 11.5 Å². The van der Waals surface area contributed by atoms with Crippen molar-refractivity contribution in [3.05, 3.63) is 24.3 Å². The van der Waals surface area contributed by atoms with Gasteiger partial charge in [0.2, 0.25) is 0 Å².